The van der Waals surface area contributed by atoms with Gasteiger partial charge in [-0.3, -0.25) is 19.4 Å². The molecule has 2 aromatic heterocycles. The highest BCUT2D eigenvalue weighted by Gasteiger charge is 2.23. The van der Waals surface area contributed by atoms with Gasteiger partial charge in [-0.05, 0) is 149 Å². The molecule has 0 amide bonds. The van der Waals surface area contributed by atoms with E-state index in [2.05, 4.69) is 31.4 Å². The van der Waals surface area contributed by atoms with E-state index < -0.39 is 11.9 Å². The quantitative estimate of drug-likeness (QED) is 0.0260. The number of rotatable bonds is 20. The molecule has 1 N–H and O–H groups in total. The van der Waals surface area contributed by atoms with Crippen molar-refractivity contribution in [1.82, 2.24) is 9.13 Å². The normalized spacial score (nSPS) is 12.1. The van der Waals surface area contributed by atoms with Crippen molar-refractivity contribution >= 4 is 78.5 Å². The zero-order chi connectivity index (χ0) is 57.9. The first kappa shape index (κ1) is 56.2. The summed E-state index contributed by atoms with van der Waals surface area (Å²) in [6, 6.07) is 47.7. The minimum Gasteiger partial charge on any atom is -0.480 e. The Hall–Kier alpha value is -9.10. The van der Waals surface area contributed by atoms with Gasteiger partial charge in [0.05, 0.1) is 32.1 Å². The van der Waals surface area contributed by atoms with Crippen molar-refractivity contribution < 1.29 is 38.6 Å². The first-order valence-corrected chi connectivity index (χ1v) is 27.6. The van der Waals surface area contributed by atoms with Gasteiger partial charge in [-0.15, -0.1) is 0 Å². The minimum absolute atomic E-state index is 0.0429. The van der Waals surface area contributed by atoms with Crippen LogP contribution in [0.1, 0.15) is 106 Å². The predicted molar refractivity (Wildman–Crippen MR) is 327 cm³/mol. The van der Waals surface area contributed by atoms with Crippen LogP contribution in [0.2, 0.25) is 0 Å². The molecule has 12 heteroatoms. The first-order chi connectivity index (χ1) is 39.5. The standard InChI is InChI=1S/C70H66N4O8/c1-41-32-45(5)65(46(6)33-41)69(78)52-20-24-62-58(38-52)56-36-50(67(71-40-64(76)77)54-16-12-10-14-43(54)3)18-22-60(56)73(62)26-28-80-30-31-81-29-27-74-61-23-19-51(68(72-82-49(9)75)55-17-13-11-15-44(55)4)37-57(61)59-39-53(21-25-63(59)74)70(79)66-47(7)34-42(2)35-48(66)8/h10-25,32-39H,26-31,40H2,1-9H3,(H,76,77). The highest BCUT2D eigenvalue weighted by molar-refractivity contribution is 6.21. The number of oxime groups is 1. The number of aliphatic carboxylic acids is 1. The molecule has 0 fully saturated rings. The number of aliphatic imine (C=N–C) groups is 1. The van der Waals surface area contributed by atoms with Crippen molar-refractivity contribution in [3.05, 3.63) is 235 Å². The molecule has 0 aliphatic carbocycles. The van der Waals surface area contributed by atoms with Crippen molar-refractivity contribution in [2.24, 2.45) is 10.1 Å². The smallest absolute Gasteiger partial charge is 0.332 e. The van der Waals surface area contributed by atoms with Crippen molar-refractivity contribution in [2.75, 3.05) is 33.0 Å². The van der Waals surface area contributed by atoms with Gasteiger partial charge in [0.1, 0.15) is 12.3 Å². The van der Waals surface area contributed by atoms with Gasteiger partial charge in [-0.2, -0.15) is 0 Å². The highest BCUT2D eigenvalue weighted by atomic mass is 16.7. The Morgan fingerprint density at radius 2 is 0.805 bits per heavy atom. The fraction of sp³-hybridized carbons (Fsp3) is 0.229. The van der Waals surface area contributed by atoms with E-state index >= 15 is 0 Å². The van der Waals surface area contributed by atoms with Crippen LogP contribution in [0.15, 0.2) is 156 Å². The topological polar surface area (TPSA) is 151 Å². The molecule has 0 bridgehead atoms. The van der Waals surface area contributed by atoms with Gasteiger partial charge in [0, 0.05) is 108 Å². The Bertz CT molecular complexity index is 3950. The molecule has 0 atom stereocenters. The van der Waals surface area contributed by atoms with E-state index in [1.165, 1.54) is 6.92 Å². The molecule has 0 spiro atoms. The number of carbonyl (C=O) groups excluding carboxylic acids is 3. The summed E-state index contributed by atoms with van der Waals surface area (Å²) in [5.41, 5.74) is 18.4. The average Bonchev–Trinajstić information content (AvgIpc) is 4.17. The molecule has 0 saturated carbocycles. The maximum Gasteiger partial charge on any atom is 0.332 e. The maximum absolute atomic E-state index is 14.3. The van der Waals surface area contributed by atoms with Gasteiger partial charge >= 0.3 is 11.9 Å². The summed E-state index contributed by atoms with van der Waals surface area (Å²) < 4.78 is 17.0. The lowest BCUT2D eigenvalue weighted by Gasteiger charge is -2.12. The van der Waals surface area contributed by atoms with Gasteiger partial charge in [0.2, 0.25) is 0 Å². The molecule has 0 unspecified atom stereocenters. The number of fused-ring (bicyclic) bond motifs is 6. The van der Waals surface area contributed by atoms with E-state index in [0.717, 1.165) is 110 Å². The van der Waals surface area contributed by atoms with Crippen molar-refractivity contribution in [3.8, 4) is 0 Å². The van der Waals surface area contributed by atoms with E-state index in [9.17, 15) is 24.3 Å². The molecular weight excluding hydrogens is 1020 g/mol. The molecule has 82 heavy (non-hydrogen) atoms. The Kier molecular flexibility index (Phi) is 16.4. The van der Waals surface area contributed by atoms with E-state index in [1.807, 2.05) is 189 Å². The number of ketones is 2. The van der Waals surface area contributed by atoms with Crippen LogP contribution in [0.3, 0.4) is 0 Å². The van der Waals surface area contributed by atoms with Crippen molar-refractivity contribution in [3.63, 3.8) is 0 Å². The fourth-order valence-corrected chi connectivity index (χ4v) is 11.8. The average molecular weight is 1090 g/mol. The Labute approximate surface area is 477 Å². The summed E-state index contributed by atoms with van der Waals surface area (Å²) in [6.07, 6.45) is 0. The van der Waals surface area contributed by atoms with Crippen LogP contribution in [-0.4, -0.2) is 82.1 Å². The number of ether oxygens (including phenoxy) is 2. The minimum atomic E-state index is -1.02. The van der Waals surface area contributed by atoms with Crippen LogP contribution in [-0.2, 0) is 37.0 Å². The second-order valence-electron chi connectivity index (χ2n) is 21.4. The molecule has 414 valence electrons. The molecule has 0 aliphatic heterocycles. The molecular formula is C70H66N4O8. The van der Waals surface area contributed by atoms with E-state index in [0.29, 0.717) is 73.2 Å². The molecule has 0 saturated heterocycles. The number of aryl methyl sites for hydroxylation is 8. The highest BCUT2D eigenvalue weighted by Crippen LogP contribution is 2.35. The first-order valence-electron chi connectivity index (χ1n) is 27.6. The number of nitrogens with zero attached hydrogens (tertiary/aromatic N) is 4. The van der Waals surface area contributed by atoms with Crippen molar-refractivity contribution in [1.29, 1.82) is 0 Å². The van der Waals surface area contributed by atoms with Gasteiger partial charge < -0.3 is 28.6 Å². The van der Waals surface area contributed by atoms with E-state index in [4.69, 9.17) is 14.3 Å². The zero-order valence-electron chi connectivity index (χ0n) is 47.9. The lowest BCUT2D eigenvalue weighted by atomic mass is 9.92. The summed E-state index contributed by atoms with van der Waals surface area (Å²) >= 11 is 0. The zero-order valence-corrected chi connectivity index (χ0v) is 47.9. The molecule has 0 aliphatic rings. The lowest BCUT2D eigenvalue weighted by Crippen LogP contribution is -2.13. The molecule has 8 aromatic carbocycles. The summed E-state index contributed by atoms with van der Waals surface area (Å²) in [6.45, 7) is 19.4. The summed E-state index contributed by atoms with van der Waals surface area (Å²) in [7, 11) is 0. The number of carboxylic acid groups (broad SMARTS) is 1. The number of hydrogen-bond donors (Lipinski definition) is 1. The van der Waals surface area contributed by atoms with Gasteiger partial charge in [-0.25, -0.2) is 4.79 Å². The van der Waals surface area contributed by atoms with Crippen LogP contribution >= 0.6 is 0 Å². The number of carbonyl (C=O) groups is 4. The van der Waals surface area contributed by atoms with E-state index in [-0.39, 0.29) is 18.1 Å². The fourth-order valence-electron chi connectivity index (χ4n) is 11.8. The molecule has 10 rings (SSSR count). The largest absolute Gasteiger partial charge is 0.480 e. The second kappa shape index (κ2) is 23.9. The molecule has 12 nitrogen and oxygen atoms in total. The van der Waals surface area contributed by atoms with Crippen LogP contribution in [0, 0.1) is 55.4 Å². The Balaban J connectivity index is 0.903. The third kappa shape index (κ3) is 11.5. The SMILES string of the molecule is CC(=O)ON=C(c1ccc2c(c1)c1cc(C(=O)c3c(C)cc(C)cc3C)ccc1n2CCOCCOCCn1c2ccc(C(=O)c3c(C)cc(C)cc3C)cc2c2cc(C(=NCC(=O)O)c3ccccc3C)ccc21)c1ccccc1C. The molecule has 0 radical (unpaired) electrons. The maximum atomic E-state index is 14.3. The summed E-state index contributed by atoms with van der Waals surface area (Å²) in [5.74, 6) is -1.64. The molecule has 10 aromatic rings. The Morgan fingerprint density at radius 1 is 0.439 bits per heavy atom. The van der Waals surface area contributed by atoms with Gasteiger partial charge in [-0.1, -0.05) is 101 Å². The number of benzene rings is 8. The van der Waals surface area contributed by atoms with Gasteiger partial charge in [0.25, 0.3) is 0 Å². The van der Waals surface area contributed by atoms with Crippen molar-refractivity contribution in [2.45, 2.75) is 75.4 Å². The third-order valence-electron chi connectivity index (χ3n) is 15.3. The van der Waals surface area contributed by atoms with Crippen LogP contribution < -0.4 is 0 Å². The number of carboxylic acids is 1. The van der Waals surface area contributed by atoms with E-state index in [1.54, 1.807) is 0 Å². The lowest BCUT2D eigenvalue weighted by molar-refractivity contribution is -0.141. The summed E-state index contributed by atoms with van der Waals surface area (Å²) in [5, 5.41) is 17.7. The number of aromatic nitrogens is 2. The van der Waals surface area contributed by atoms with Crippen LogP contribution in [0.4, 0.5) is 0 Å². The predicted octanol–water partition coefficient (Wildman–Crippen LogP) is 13.8. The second-order valence-corrected chi connectivity index (χ2v) is 21.4. The number of hydrogen-bond acceptors (Lipinski definition) is 9. The van der Waals surface area contributed by atoms with Crippen LogP contribution in [0.5, 0.6) is 0 Å². The van der Waals surface area contributed by atoms with Gasteiger partial charge in [0.15, 0.2) is 11.6 Å². The molecule has 2 heterocycles. The third-order valence-corrected chi connectivity index (χ3v) is 15.3. The van der Waals surface area contributed by atoms with Crippen LogP contribution in [0.25, 0.3) is 43.6 Å². The summed E-state index contributed by atoms with van der Waals surface area (Å²) in [4.78, 5) is 62.5. The monoisotopic (exact) mass is 1090 g/mol. The Morgan fingerprint density at radius 3 is 1.20 bits per heavy atom.